The predicted octanol–water partition coefficient (Wildman–Crippen LogP) is 3.31. The fraction of sp³-hybridized carbons (Fsp3) is 0.188. The Kier molecular flexibility index (Phi) is 5.49. The van der Waals surface area contributed by atoms with Gasteiger partial charge in [-0.25, -0.2) is 9.78 Å². The van der Waals surface area contributed by atoms with Crippen LogP contribution in [0.25, 0.3) is 0 Å². The number of pyridine rings is 1. The molecule has 2 rings (SSSR count). The Balaban J connectivity index is 2.02. The molecule has 0 fully saturated rings. The highest BCUT2D eigenvalue weighted by Gasteiger charge is 2.22. The second-order valence-corrected chi connectivity index (χ2v) is 4.91. The highest BCUT2D eigenvalue weighted by atomic mass is 35.5. The highest BCUT2D eigenvalue weighted by Crippen LogP contribution is 2.12. The van der Waals surface area contributed by atoms with Crippen molar-refractivity contribution in [1.82, 2.24) is 4.98 Å². The Morgan fingerprint density at radius 2 is 2.00 bits per heavy atom. The molecule has 1 heterocycles. The van der Waals surface area contributed by atoms with E-state index in [2.05, 4.69) is 10.3 Å². The molecular weight excluding hydrogens is 304 g/mol. The molecule has 1 N–H and O–H groups in total. The topological polar surface area (TPSA) is 68.3 Å². The van der Waals surface area contributed by atoms with E-state index in [1.807, 2.05) is 18.2 Å². The molecule has 0 radical (unpaired) electrons. The third kappa shape index (κ3) is 4.30. The van der Waals surface area contributed by atoms with Gasteiger partial charge in [0, 0.05) is 11.9 Å². The summed E-state index contributed by atoms with van der Waals surface area (Å²) >= 11 is 5.73. The Morgan fingerprint density at radius 3 is 2.64 bits per heavy atom. The third-order valence-corrected chi connectivity index (χ3v) is 3.12. The molecule has 0 saturated carbocycles. The maximum Gasteiger partial charge on any atom is 0.339 e. The van der Waals surface area contributed by atoms with Crippen LogP contribution < -0.4 is 5.32 Å². The number of aromatic nitrogens is 1. The van der Waals surface area contributed by atoms with Gasteiger partial charge in [0.15, 0.2) is 6.10 Å². The number of hydrogen-bond acceptors (Lipinski definition) is 4. The van der Waals surface area contributed by atoms with Gasteiger partial charge in [-0.3, -0.25) is 4.79 Å². The number of benzene rings is 1. The van der Waals surface area contributed by atoms with E-state index in [-0.39, 0.29) is 16.6 Å². The number of halogens is 1. The molecular formula is C16H15ClN2O3. The number of nitrogens with zero attached hydrogens (tertiary/aromatic N) is 1. The second kappa shape index (κ2) is 7.56. The van der Waals surface area contributed by atoms with Gasteiger partial charge in [0.25, 0.3) is 5.91 Å². The lowest BCUT2D eigenvalue weighted by molar-refractivity contribution is -0.124. The van der Waals surface area contributed by atoms with Crippen LogP contribution in [0.5, 0.6) is 0 Å². The summed E-state index contributed by atoms with van der Waals surface area (Å²) in [5.41, 5.74) is 0.903. The number of nitrogens with one attached hydrogen (secondary N) is 1. The molecule has 0 aliphatic carbocycles. The highest BCUT2D eigenvalue weighted by molar-refractivity contribution is 6.29. The van der Waals surface area contributed by atoms with E-state index < -0.39 is 12.1 Å². The van der Waals surface area contributed by atoms with Crippen molar-refractivity contribution < 1.29 is 14.3 Å². The van der Waals surface area contributed by atoms with E-state index in [1.165, 1.54) is 18.3 Å². The van der Waals surface area contributed by atoms with Crippen molar-refractivity contribution in [3.63, 3.8) is 0 Å². The van der Waals surface area contributed by atoms with Crippen molar-refractivity contribution in [3.05, 3.63) is 59.4 Å². The number of carbonyl (C=O) groups excluding carboxylic acids is 2. The van der Waals surface area contributed by atoms with Gasteiger partial charge >= 0.3 is 5.97 Å². The summed E-state index contributed by atoms with van der Waals surface area (Å²) < 4.78 is 5.24. The number of ether oxygens (including phenoxy) is 1. The first-order chi connectivity index (χ1) is 10.6. The molecule has 0 saturated heterocycles. The second-order valence-electron chi connectivity index (χ2n) is 4.52. The van der Waals surface area contributed by atoms with Crippen LogP contribution in [0.2, 0.25) is 5.15 Å². The van der Waals surface area contributed by atoms with Crippen LogP contribution in [0.4, 0.5) is 5.69 Å². The standard InChI is InChI=1S/C16H15ClN2O3/c1-2-13(15(20)19-12-6-4-3-5-7-12)22-16(21)11-8-9-18-14(17)10-11/h3-10,13H,2H2,1H3,(H,19,20). The molecule has 6 heteroatoms. The number of carbonyl (C=O) groups is 2. The van der Waals surface area contributed by atoms with Crippen LogP contribution in [0.1, 0.15) is 23.7 Å². The third-order valence-electron chi connectivity index (χ3n) is 2.92. The van der Waals surface area contributed by atoms with E-state index in [0.29, 0.717) is 12.1 Å². The minimum Gasteiger partial charge on any atom is -0.449 e. The Hall–Kier alpha value is -2.40. The zero-order chi connectivity index (χ0) is 15.9. The minimum atomic E-state index is -0.875. The smallest absolute Gasteiger partial charge is 0.339 e. The maximum atomic E-state index is 12.2. The monoisotopic (exact) mass is 318 g/mol. The van der Waals surface area contributed by atoms with Crippen LogP contribution in [-0.2, 0) is 9.53 Å². The van der Waals surface area contributed by atoms with E-state index in [9.17, 15) is 9.59 Å². The van der Waals surface area contributed by atoms with E-state index in [4.69, 9.17) is 16.3 Å². The quantitative estimate of drug-likeness (QED) is 0.678. The Morgan fingerprint density at radius 1 is 1.27 bits per heavy atom. The average Bonchev–Trinajstić information content (AvgIpc) is 2.53. The van der Waals surface area contributed by atoms with Crippen LogP contribution in [0.3, 0.4) is 0 Å². The maximum absolute atomic E-state index is 12.2. The average molecular weight is 319 g/mol. The van der Waals surface area contributed by atoms with Crippen molar-refractivity contribution >= 4 is 29.2 Å². The van der Waals surface area contributed by atoms with Gasteiger partial charge in [-0.05, 0) is 30.7 Å². The van der Waals surface area contributed by atoms with Gasteiger partial charge in [0.1, 0.15) is 5.15 Å². The van der Waals surface area contributed by atoms with E-state index >= 15 is 0 Å². The van der Waals surface area contributed by atoms with Gasteiger partial charge in [0.2, 0.25) is 0 Å². The molecule has 1 unspecified atom stereocenters. The SMILES string of the molecule is CCC(OC(=O)c1ccnc(Cl)c1)C(=O)Nc1ccccc1. The van der Waals surface area contributed by atoms with Gasteiger partial charge in [-0.2, -0.15) is 0 Å². The van der Waals surface area contributed by atoms with Crippen molar-refractivity contribution in [1.29, 1.82) is 0 Å². The molecule has 114 valence electrons. The number of amides is 1. The van der Waals surface area contributed by atoms with Gasteiger partial charge < -0.3 is 10.1 Å². The van der Waals surface area contributed by atoms with Crippen molar-refractivity contribution in [2.45, 2.75) is 19.4 Å². The molecule has 2 aromatic rings. The summed E-state index contributed by atoms with van der Waals surface area (Å²) in [5.74, 6) is -0.985. The number of para-hydroxylation sites is 1. The summed E-state index contributed by atoms with van der Waals surface area (Å²) in [5, 5.41) is 2.90. The first-order valence-electron chi connectivity index (χ1n) is 6.78. The molecule has 1 amide bonds. The molecule has 1 aromatic carbocycles. The zero-order valence-corrected chi connectivity index (χ0v) is 12.7. The lowest BCUT2D eigenvalue weighted by atomic mass is 10.2. The summed E-state index contributed by atoms with van der Waals surface area (Å²) in [6.07, 6.45) is 0.896. The van der Waals surface area contributed by atoms with Gasteiger partial charge in [0.05, 0.1) is 5.56 Å². The zero-order valence-electron chi connectivity index (χ0n) is 12.0. The summed E-state index contributed by atoms with van der Waals surface area (Å²) in [4.78, 5) is 28.0. The molecule has 22 heavy (non-hydrogen) atoms. The summed E-state index contributed by atoms with van der Waals surface area (Å²) in [7, 11) is 0. The fourth-order valence-corrected chi connectivity index (χ4v) is 1.97. The van der Waals surface area contributed by atoms with Crippen LogP contribution in [0, 0.1) is 0 Å². The van der Waals surface area contributed by atoms with Crippen molar-refractivity contribution in [2.24, 2.45) is 0 Å². The number of anilines is 1. The van der Waals surface area contributed by atoms with E-state index in [0.717, 1.165) is 0 Å². The molecule has 0 bridgehead atoms. The molecule has 1 aromatic heterocycles. The molecule has 0 spiro atoms. The Labute approximate surface area is 133 Å². The van der Waals surface area contributed by atoms with Gasteiger partial charge in [-0.15, -0.1) is 0 Å². The lowest BCUT2D eigenvalue weighted by Crippen LogP contribution is -2.32. The molecule has 0 aliphatic heterocycles. The van der Waals surface area contributed by atoms with Crippen molar-refractivity contribution in [2.75, 3.05) is 5.32 Å². The Bertz CT molecular complexity index is 661. The fourth-order valence-electron chi connectivity index (χ4n) is 1.79. The number of esters is 1. The van der Waals surface area contributed by atoms with Crippen LogP contribution in [0.15, 0.2) is 48.7 Å². The first kappa shape index (κ1) is 16.0. The van der Waals surface area contributed by atoms with E-state index in [1.54, 1.807) is 19.1 Å². The minimum absolute atomic E-state index is 0.191. The first-order valence-corrected chi connectivity index (χ1v) is 7.16. The largest absolute Gasteiger partial charge is 0.449 e. The molecule has 5 nitrogen and oxygen atoms in total. The molecule has 0 aliphatic rings. The molecule has 1 atom stereocenters. The lowest BCUT2D eigenvalue weighted by Gasteiger charge is -2.16. The summed E-state index contributed by atoms with van der Waals surface area (Å²) in [6.45, 7) is 1.77. The van der Waals surface area contributed by atoms with Gasteiger partial charge in [-0.1, -0.05) is 36.7 Å². The predicted molar refractivity (Wildman–Crippen MR) is 83.8 cm³/mol. The normalized spacial score (nSPS) is 11.5. The number of rotatable bonds is 5. The summed E-state index contributed by atoms with van der Waals surface area (Å²) in [6, 6.07) is 11.9. The van der Waals surface area contributed by atoms with Crippen LogP contribution in [-0.4, -0.2) is 23.0 Å². The van der Waals surface area contributed by atoms with Crippen molar-refractivity contribution in [3.8, 4) is 0 Å². The van der Waals surface area contributed by atoms with Crippen LogP contribution >= 0.6 is 11.6 Å². The number of hydrogen-bond donors (Lipinski definition) is 1.